The molecular formula is C24H24N2O5. The number of anilines is 1. The predicted molar refractivity (Wildman–Crippen MR) is 119 cm³/mol. The molecule has 0 heterocycles. The Balaban J connectivity index is 1.81. The number of rotatable bonds is 7. The fraction of sp³-hybridized carbons (Fsp3) is 0.208. The molecule has 3 rings (SSSR count). The number of hydrogen-bond acceptors (Lipinski definition) is 5. The zero-order chi connectivity index (χ0) is 22.5. The van der Waals surface area contributed by atoms with E-state index in [9.17, 15) is 14.9 Å². The molecule has 0 aliphatic heterocycles. The van der Waals surface area contributed by atoms with E-state index in [2.05, 4.69) is 11.4 Å². The molecule has 0 saturated heterocycles. The maximum absolute atomic E-state index is 12.7. The summed E-state index contributed by atoms with van der Waals surface area (Å²) in [5.41, 5.74) is 4.67. The molecule has 0 aromatic heterocycles. The molecule has 3 aromatic carbocycles. The average Bonchev–Trinajstić information content (AvgIpc) is 2.75. The minimum atomic E-state index is -0.506. The Morgan fingerprint density at radius 2 is 1.81 bits per heavy atom. The lowest BCUT2D eigenvalue weighted by molar-refractivity contribution is -0.384. The van der Waals surface area contributed by atoms with Gasteiger partial charge in [-0.05, 0) is 67.8 Å². The van der Waals surface area contributed by atoms with E-state index in [1.165, 1.54) is 18.2 Å². The lowest BCUT2D eigenvalue weighted by atomic mass is 10.1. The van der Waals surface area contributed by atoms with Crippen molar-refractivity contribution in [2.24, 2.45) is 0 Å². The van der Waals surface area contributed by atoms with Crippen molar-refractivity contribution in [2.45, 2.75) is 27.4 Å². The minimum Gasteiger partial charge on any atom is -0.496 e. The zero-order valence-corrected chi connectivity index (χ0v) is 17.9. The second-order valence-corrected chi connectivity index (χ2v) is 7.28. The molecule has 0 radical (unpaired) electrons. The molecule has 0 aliphatic rings. The summed E-state index contributed by atoms with van der Waals surface area (Å²) in [5.74, 6) is 1.01. The summed E-state index contributed by atoms with van der Waals surface area (Å²) >= 11 is 0. The largest absolute Gasteiger partial charge is 0.496 e. The summed E-state index contributed by atoms with van der Waals surface area (Å²) in [6.45, 7) is 6.28. The average molecular weight is 420 g/mol. The highest BCUT2D eigenvalue weighted by Gasteiger charge is 2.14. The summed E-state index contributed by atoms with van der Waals surface area (Å²) < 4.78 is 11.5. The molecule has 160 valence electrons. The van der Waals surface area contributed by atoms with Crippen LogP contribution in [0.15, 0.2) is 54.6 Å². The topological polar surface area (TPSA) is 90.7 Å². The molecule has 0 saturated carbocycles. The van der Waals surface area contributed by atoms with Crippen LogP contribution in [-0.4, -0.2) is 17.9 Å². The molecule has 1 amide bonds. The Hall–Kier alpha value is -3.87. The number of nitrogens with zero attached hydrogens (tertiary/aromatic N) is 1. The van der Waals surface area contributed by atoms with Crippen LogP contribution in [0.4, 0.5) is 11.4 Å². The molecule has 0 fully saturated rings. The molecule has 0 aliphatic carbocycles. The highest BCUT2D eigenvalue weighted by molar-refractivity contribution is 6.04. The third-order valence-electron chi connectivity index (χ3n) is 5.00. The molecule has 31 heavy (non-hydrogen) atoms. The first-order chi connectivity index (χ1) is 14.8. The number of non-ortho nitro benzene ring substituents is 1. The van der Waals surface area contributed by atoms with Crippen LogP contribution < -0.4 is 14.8 Å². The summed E-state index contributed by atoms with van der Waals surface area (Å²) in [6.07, 6.45) is 0. The number of nitrogens with one attached hydrogen (secondary N) is 1. The molecule has 0 unspecified atom stereocenters. The fourth-order valence-electron chi connectivity index (χ4n) is 3.24. The van der Waals surface area contributed by atoms with Gasteiger partial charge in [0.15, 0.2) is 0 Å². The molecule has 7 nitrogen and oxygen atoms in total. The SMILES string of the molecule is COc1ccc(C(=O)Nc2cccc([N+](=O)[O-])c2)cc1COc1cc(C)cc(C)c1C. The van der Waals surface area contributed by atoms with Crippen molar-refractivity contribution >= 4 is 17.3 Å². The molecule has 1 N–H and O–H groups in total. The first kappa shape index (κ1) is 21.8. The summed E-state index contributed by atoms with van der Waals surface area (Å²) in [4.78, 5) is 23.1. The summed E-state index contributed by atoms with van der Waals surface area (Å²) in [6, 6.07) is 14.9. The van der Waals surface area contributed by atoms with Gasteiger partial charge < -0.3 is 14.8 Å². The number of nitro groups is 1. The number of hydrogen-bond donors (Lipinski definition) is 1. The van der Waals surface area contributed by atoms with E-state index < -0.39 is 4.92 Å². The van der Waals surface area contributed by atoms with Crippen molar-refractivity contribution in [3.8, 4) is 11.5 Å². The van der Waals surface area contributed by atoms with Crippen LogP contribution in [0.25, 0.3) is 0 Å². The van der Waals surface area contributed by atoms with Crippen molar-refractivity contribution in [2.75, 3.05) is 12.4 Å². The van der Waals surface area contributed by atoms with E-state index in [4.69, 9.17) is 9.47 Å². The quantitative estimate of drug-likeness (QED) is 0.410. The normalized spacial score (nSPS) is 10.5. The van der Waals surface area contributed by atoms with E-state index in [1.807, 2.05) is 26.8 Å². The van der Waals surface area contributed by atoms with E-state index in [1.54, 1.807) is 31.4 Å². The number of ether oxygens (including phenoxy) is 2. The van der Waals surface area contributed by atoms with E-state index >= 15 is 0 Å². The van der Waals surface area contributed by atoms with Crippen LogP contribution in [0.5, 0.6) is 11.5 Å². The first-order valence-corrected chi connectivity index (χ1v) is 9.72. The Morgan fingerprint density at radius 3 is 2.52 bits per heavy atom. The van der Waals surface area contributed by atoms with Gasteiger partial charge in [-0.1, -0.05) is 12.1 Å². The summed E-state index contributed by atoms with van der Waals surface area (Å²) in [5, 5.41) is 13.6. The van der Waals surface area contributed by atoms with Gasteiger partial charge in [-0.15, -0.1) is 0 Å². The molecular weight excluding hydrogens is 396 g/mol. The second-order valence-electron chi connectivity index (χ2n) is 7.28. The van der Waals surface area contributed by atoms with Crippen molar-refractivity contribution < 1.29 is 19.2 Å². The van der Waals surface area contributed by atoms with E-state index in [0.29, 0.717) is 22.6 Å². The predicted octanol–water partition coefficient (Wildman–Crippen LogP) is 5.36. The highest BCUT2D eigenvalue weighted by atomic mass is 16.6. The van der Waals surface area contributed by atoms with Crippen LogP contribution >= 0.6 is 0 Å². The number of carbonyl (C=O) groups excluding carboxylic acids is 1. The van der Waals surface area contributed by atoms with Gasteiger partial charge in [-0.25, -0.2) is 0 Å². The summed E-state index contributed by atoms with van der Waals surface area (Å²) in [7, 11) is 1.56. The van der Waals surface area contributed by atoms with Crippen molar-refractivity contribution in [3.05, 3.63) is 92.5 Å². The fourth-order valence-corrected chi connectivity index (χ4v) is 3.24. The van der Waals surface area contributed by atoms with Crippen LogP contribution in [-0.2, 0) is 6.61 Å². The van der Waals surface area contributed by atoms with Crippen LogP contribution in [0.2, 0.25) is 0 Å². The number of amides is 1. The smallest absolute Gasteiger partial charge is 0.271 e. The minimum absolute atomic E-state index is 0.0922. The van der Waals surface area contributed by atoms with Crippen molar-refractivity contribution in [3.63, 3.8) is 0 Å². The van der Waals surface area contributed by atoms with Gasteiger partial charge in [0.2, 0.25) is 0 Å². The van der Waals surface area contributed by atoms with E-state index in [0.717, 1.165) is 22.4 Å². The number of nitro benzene ring substituents is 1. The maximum atomic E-state index is 12.7. The maximum Gasteiger partial charge on any atom is 0.271 e. The standard InChI is InChI=1S/C24H24N2O5/c1-15-10-16(2)17(3)23(11-15)31-14-19-12-18(8-9-22(19)30-4)24(27)25-20-6-5-7-21(13-20)26(28)29/h5-13H,14H2,1-4H3,(H,25,27). The van der Waals surface area contributed by atoms with Gasteiger partial charge in [0, 0.05) is 28.9 Å². The molecule has 0 spiro atoms. The van der Waals surface area contributed by atoms with Crippen LogP contribution in [0.3, 0.4) is 0 Å². The highest BCUT2D eigenvalue weighted by Crippen LogP contribution is 2.27. The van der Waals surface area contributed by atoms with Crippen LogP contribution in [0.1, 0.15) is 32.6 Å². The second kappa shape index (κ2) is 9.30. The van der Waals surface area contributed by atoms with Crippen molar-refractivity contribution in [1.29, 1.82) is 0 Å². The van der Waals surface area contributed by atoms with Crippen molar-refractivity contribution in [1.82, 2.24) is 0 Å². The van der Waals surface area contributed by atoms with Gasteiger partial charge in [-0.2, -0.15) is 0 Å². The third kappa shape index (κ3) is 5.19. The van der Waals surface area contributed by atoms with E-state index in [-0.39, 0.29) is 18.2 Å². The lowest BCUT2D eigenvalue weighted by Gasteiger charge is -2.15. The Labute approximate surface area is 180 Å². The Kier molecular flexibility index (Phi) is 6.55. The first-order valence-electron chi connectivity index (χ1n) is 9.72. The zero-order valence-electron chi connectivity index (χ0n) is 17.9. The van der Waals surface area contributed by atoms with Gasteiger partial charge in [0.05, 0.1) is 12.0 Å². The monoisotopic (exact) mass is 420 g/mol. The number of carbonyl (C=O) groups is 1. The van der Waals surface area contributed by atoms with Gasteiger partial charge in [0.25, 0.3) is 11.6 Å². The molecule has 0 atom stereocenters. The van der Waals surface area contributed by atoms with Crippen LogP contribution in [0, 0.1) is 30.9 Å². The van der Waals surface area contributed by atoms with Gasteiger partial charge in [-0.3, -0.25) is 14.9 Å². The number of aryl methyl sites for hydroxylation is 2. The molecule has 7 heteroatoms. The van der Waals surface area contributed by atoms with Gasteiger partial charge in [0.1, 0.15) is 18.1 Å². The molecule has 0 bridgehead atoms. The van der Waals surface area contributed by atoms with Gasteiger partial charge >= 0.3 is 0 Å². The Morgan fingerprint density at radius 1 is 1.03 bits per heavy atom. The molecule has 3 aromatic rings. The third-order valence-corrected chi connectivity index (χ3v) is 5.00. The number of methoxy groups -OCH3 is 1. The Bertz CT molecular complexity index is 1140. The number of benzene rings is 3. The lowest BCUT2D eigenvalue weighted by Crippen LogP contribution is -2.13.